The van der Waals surface area contributed by atoms with Gasteiger partial charge in [0, 0.05) is 142 Å². The zero-order valence-corrected chi connectivity index (χ0v) is 61.3. The van der Waals surface area contributed by atoms with Crippen LogP contribution < -0.4 is 45.6 Å². The van der Waals surface area contributed by atoms with Crippen molar-refractivity contribution >= 4 is 168 Å². The van der Waals surface area contributed by atoms with E-state index < -0.39 is 51.3 Å². The molecule has 0 aliphatic carbocycles. The maximum atomic E-state index is 13.2. The van der Waals surface area contributed by atoms with Crippen molar-refractivity contribution in [1.82, 2.24) is 70.8 Å². The molecule has 27 nitrogen and oxygen atoms in total. The molecule has 35 heteroatoms. The lowest BCUT2D eigenvalue weighted by molar-refractivity contribution is -0.155. The lowest BCUT2D eigenvalue weighted by Crippen LogP contribution is -2.58. The first kappa shape index (κ1) is 72.5. The van der Waals surface area contributed by atoms with Crippen molar-refractivity contribution in [2.45, 2.75) is 67.9 Å². The Morgan fingerprint density at radius 2 is 0.905 bits per heavy atom. The van der Waals surface area contributed by atoms with Gasteiger partial charge >= 0.3 is 18.2 Å². The number of aromatic nitrogens is 8. The SMILES string of the molecule is CS(=O)(=O)NCCN1CCN(c2cc(Cl)cc3[nH]ncc23)CC1.O=C1NC2(CCN(c3cc(Br)cc4[nH]ncc34)CC2)C(=O)N1Cc1ccccc1.O=C1NC2(CCN(c3cc(Cl)cc4[nH]ncc34)CC2)C(=O)N1CC(F)(F)F.O=C1Nc2ccccc2NC12CCN(c1cc(Cl)cc3[nH]ncc13)CC2. The van der Waals surface area contributed by atoms with Gasteiger partial charge in [-0.2, -0.15) is 33.6 Å². The zero-order valence-electron chi connectivity index (χ0n) is 56.6. The smallest absolute Gasteiger partial charge is 0.371 e. The van der Waals surface area contributed by atoms with Gasteiger partial charge in [0.25, 0.3) is 11.8 Å². The number of urea groups is 2. The Kier molecular flexibility index (Phi) is 20.4. The van der Waals surface area contributed by atoms with Crippen molar-refractivity contribution in [3.8, 4) is 0 Å². The number of alkyl halides is 3. The van der Waals surface area contributed by atoms with Crippen molar-refractivity contribution in [3.05, 3.63) is 153 Å². The third-order valence-electron chi connectivity index (χ3n) is 20.4. The Labute approximate surface area is 623 Å². The van der Waals surface area contributed by atoms with Crippen LogP contribution in [-0.2, 0) is 31.0 Å². The van der Waals surface area contributed by atoms with Gasteiger partial charge in [0.2, 0.25) is 15.9 Å². The minimum absolute atomic E-state index is 0.0513. The summed E-state index contributed by atoms with van der Waals surface area (Å²) in [6, 6.07) is 31.5. The number of aromatic amines is 4. The summed E-state index contributed by atoms with van der Waals surface area (Å²) < 4.78 is 63.6. The first-order chi connectivity index (χ1) is 50.3. The number of benzene rings is 6. The van der Waals surface area contributed by atoms with Gasteiger partial charge in [-0.3, -0.25) is 49.5 Å². The maximum Gasteiger partial charge on any atom is 0.406 e. The van der Waals surface area contributed by atoms with Crippen molar-refractivity contribution < 1.29 is 45.6 Å². The summed E-state index contributed by atoms with van der Waals surface area (Å²) in [5.41, 5.74) is 7.79. The fourth-order valence-electron chi connectivity index (χ4n) is 14.9. The van der Waals surface area contributed by atoms with Crippen LogP contribution in [0.4, 0.5) is 56.9 Å². The van der Waals surface area contributed by atoms with Gasteiger partial charge in [-0.05, 0) is 105 Å². The van der Waals surface area contributed by atoms with Crippen LogP contribution in [0.1, 0.15) is 44.1 Å². The normalized spacial score (nSPS) is 18.6. The van der Waals surface area contributed by atoms with Crippen LogP contribution in [0.5, 0.6) is 0 Å². The standard InChI is InChI=1S/C21H20BrN5O2.C19H18ClN5O.C16H15ClF3N5O2.C14H20ClN5O2S/c22-15-10-17-16(12-23-25-17)18(11-15)26-8-6-21(7-9-26)19(28)27(20(29)24-21)13-14-4-2-1-3-5-14;20-12-9-16-13(11-21-24-16)17(10-12)25-7-5-19(6-8-25)18(26)22-14-3-1-2-4-15(14)23-19;17-9-5-11-10(7-21-23-11)12(6-9)24-3-1-15(2-4-24)13(26)25(14(27)22-15)8-16(18,19)20;1-23(21,22)17-2-3-19-4-6-20(7-5-19)14-9-11(15)8-13-12(14)10-16-18-13/h1-5,10-12H,6-9,13H2,(H,23,25)(H,24,29);1-4,9-11,23H,5-8H2,(H,21,24)(H,22,26);5-7H,1-4,8H2,(H,21,23)(H,22,27);8-10,17H,2-7H2,1H3,(H,16,18). The molecule has 7 aliphatic rings. The minimum atomic E-state index is -4.63. The Balaban J connectivity index is 0.000000118. The second kappa shape index (κ2) is 29.5. The van der Waals surface area contributed by atoms with E-state index in [4.69, 9.17) is 34.8 Å². The van der Waals surface area contributed by atoms with Gasteiger partial charge in [0.1, 0.15) is 23.2 Å². The average Bonchev–Trinajstić information content (AvgIpc) is 1.72. The number of sulfonamides is 1. The Hall–Kier alpha value is -9.44. The molecule has 0 bridgehead atoms. The van der Waals surface area contributed by atoms with Gasteiger partial charge in [-0.1, -0.05) is 93.2 Å². The number of hydrogen-bond acceptors (Lipinski definition) is 17. The highest BCUT2D eigenvalue weighted by atomic mass is 79.9. The van der Waals surface area contributed by atoms with Crippen LogP contribution in [0.3, 0.4) is 0 Å². The molecule has 6 fully saturated rings. The molecule has 7 amide bonds. The summed E-state index contributed by atoms with van der Waals surface area (Å²) in [7, 11) is -3.11. The average molecular weight is 1580 g/mol. The van der Waals surface area contributed by atoms with E-state index in [1.54, 1.807) is 18.3 Å². The number of fused-ring (bicyclic) bond motifs is 5. The second-order valence-electron chi connectivity index (χ2n) is 27.1. The fourth-order valence-corrected chi connectivity index (χ4v) is 16.4. The number of para-hydroxylation sites is 2. The molecule has 0 saturated carbocycles. The highest BCUT2D eigenvalue weighted by molar-refractivity contribution is 9.10. The first-order valence-electron chi connectivity index (χ1n) is 34.1. The number of nitrogens with one attached hydrogen (secondary N) is 9. The van der Waals surface area contributed by atoms with Gasteiger partial charge < -0.3 is 40.9 Å². The van der Waals surface area contributed by atoms with E-state index in [2.05, 4.69) is 108 Å². The number of amides is 7. The molecule has 3 spiro atoms. The van der Waals surface area contributed by atoms with E-state index in [-0.39, 0.29) is 35.6 Å². The van der Waals surface area contributed by atoms with Gasteiger partial charge in [-0.25, -0.2) is 22.7 Å². The number of H-pyrrole nitrogens is 4. The summed E-state index contributed by atoms with van der Waals surface area (Å²) in [4.78, 5) is 75.6. The van der Waals surface area contributed by atoms with Crippen LogP contribution in [0, 0.1) is 0 Å². The van der Waals surface area contributed by atoms with E-state index in [0.29, 0.717) is 67.2 Å². The lowest BCUT2D eigenvalue weighted by atomic mass is 9.84. The topological polar surface area (TPSA) is 317 Å². The number of anilines is 6. The van der Waals surface area contributed by atoms with E-state index in [1.807, 2.05) is 108 Å². The monoisotopic (exact) mass is 1580 g/mol. The summed E-state index contributed by atoms with van der Waals surface area (Å²) in [6.07, 6.45) is 6.70. The van der Waals surface area contributed by atoms with Crippen molar-refractivity contribution in [1.29, 1.82) is 0 Å². The van der Waals surface area contributed by atoms with Crippen molar-refractivity contribution in [3.63, 3.8) is 0 Å². The van der Waals surface area contributed by atoms with Gasteiger partial charge in [0.15, 0.2) is 0 Å². The summed E-state index contributed by atoms with van der Waals surface area (Å²) in [6.45, 7) is 7.08. The number of rotatable bonds is 11. The molecule has 0 radical (unpaired) electrons. The van der Waals surface area contributed by atoms with Crippen LogP contribution in [-0.4, -0.2) is 208 Å². The highest BCUT2D eigenvalue weighted by Gasteiger charge is 2.55. The molecule has 10 aromatic rings. The zero-order chi connectivity index (χ0) is 73.6. The highest BCUT2D eigenvalue weighted by Crippen LogP contribution is 2.42. The van der Waals surface area contributed by atoms with Gasteiger partial charge in [-0.15, -0.1) is 0 Å². The van der Waals surface area contributed by atoms with Gasteiger partial charge in [0.05, 0.1) is 71.0 Å². The number of nitrogens with zero attached hydrogens (tertiary/aromatic N) is 11. The third kappa shape index (κ3) is 15.5. The molecule has 9 N–H and O–H groups in total. The largest absolute Gasteiger partial charge is 0.406 e. The summed E-state index contributed by atoms with van der Waals surface area (Å²) in [5, 5.41) is 46.1. The minimum Gasteiger partial charge on any atom is -0.371 e. The van der Waals surface area contributed by atoms with Crippen LogP contribution in [0.2, 0.25) is 15.1 Å². The number of halogens is 7. The second-order valence-corrected chi connectivity index (χ2v) is 31.2. The Morgan fingerprint density at radius 1 is 0.505 bits per heavy atom. The van der Waals surface area contributed by atoms with E-state index >= 15 is 0 Å². The molecule has 7 aliphatic heterocycles. The fraction of sp³-hybridized carbons (Fsp3) is 0.357. The number of imide groups is 2. The van der Waals surface area contributed by atoms with Crippen LogP contribution >= 0.6 is 50.7 Å². The van der Waals surface area contributed by atoms with Crippen molar-refractivity contribution in [2.24, 2.45) is 0 Å². The molecule has 6 saturated heterocycles. The lowest BCUT2D eigenvalue weighted by Gasteiger charge is -2.45. The molecule has 0 unspecified atom stereocenters. The van der Waals surface area contributed by atoms with E-state index in [9.17, 15) is 45.6 Å². The number of piperazine rings is 1. The maximum absolute atomic E-state index is 13.2. The molecule has 0 atom stereocenters. The molecule has 105 heavy (non-hydrogen) atoms. The van der Waals surface area contributed by atoms with Crippen LogP contribution in [0.25, 0.3) is 43.6 Å². The number of carbonyl (C=O) groups excluding carboxylic acids is 5. The van der Waals surface area contributed by atoms with E-state index in [0.717, 1.165) is 146 Å². The first-order valence-corrected chi connectivity index (χ1v) is 37.9. The number of hydrogen-bond donors (Lipinski definition) is 9. The summed E-state index contributed by atoms with van der Waals surface area (Å²) >= 11 is 22.2. The molecule has 4 aromatic heterocycles. The van der Waals surface area contributed by atoms with Crippen LogP contribution in [0.15, 0.2) is 132 Å². The molecule has 550 valence electrons. The predicted octanol–water partition coefficient (Wildman–Crippen LogP) is 10.6. The third-order valence-corrected chi connectivity index (χ3v) is 22.2. The number of piperidine rings is 3. The van der Waals surface area contributed by atoms with Crippen molar-refractivity contribution in [2.75, 3.05) is 122 Å². The summed E-state index contributed by atoms with van der Waals surface area (Å²) in [5.74, 6) is -0.881. The predicted molar refractivity (Wildman–Crippen MR) is 402 cm³/mol. The Bertz CT molecular complexity index is 5050. The van der Waals surface area contributed by atoms with E-state index in [1.165, 1.54) is 11.2 Å². The molecular weight excluding hydrogens is 1510 g/mol. The number of carbonyl (C=O) groups is 5. The molecule has 11 heterocycles. The molecule has 17 rings (SSSR count). The Morgan fingerprint density at radius 3 is 1.36 bits per heavy atom. The quantitative estimate of drug-likeness (QED) is 0.0544. The molecule has 6 aromatic carbocycles. The molecular formula is C70H73BrCl3F3N20O7S.